The molecular formula is C66H44N2S. The minimum Gasteiger partial charge on any atom is -0.310 e. The Bertz CT molecular complexity index is 4010. The summed E-state index contributed by atoms with van der Waals surface area (Å²) >= 11 is 1.86. The molecule has 0 atom stereocenters. The highest BCUT2D eigenvalue weighted by Gasteiger charge is 2.22. The zero-order valence-electron chi connectivity index (χ0n) is 37.7. The topological polar surface area (TPSA) is 8.17 Å². The third kappa shape index (κ3) is 7.11. The van der Waals surface area contributed by atoms with Gasteiger partial charge in [0, 0.05) is 53.6 Å². The van der Waals surface area contributed by atoms with Gasteiger partial charge in [-0.3, -0.25) is 0 Å². The molecule has 0 saturated carbocycles. The Morgan fingerprint density at radius 3 is 1.64 bits per heavy atom. The van der Waals surface area contributed by atoms with E-state index in [1.54, 1.807) is 0 Å². The Kier molecular flexibility index (Phi) is 10.1. The molecule has 0 saturated heterocycles. The van der Waals surface area contributed by atoms with Gasteiger partial charge in [0.25, 0.3) is 0 Å². The average Bonchev–Trinajstić information content (AvgIpc) is 3.98. The Balaban J connectivity index is 0.990. The second-order valence-electron chi connectivity index (χ2n) is 17.6. The molecule has 11 aromatic carbocycles. The Labute approximate surface area is 405 Å². The molecule has 0 aliphatic carbocycles. The summed E-state index contributed by atoms with van der Waals surface area (Å²) in [6.07, 6.45) is 0. The van der Waals surface area contributed by atoms with Crippen molar-refractivity contribution in [3.63, 3.8) is 0 Å². The number of fused-ring (bicyclic) bond motifs is 6. The SMILES string of the molecule is c1ccc(-c2ccccc2-c2ccccc2-c2ccccc2N(c2ccc(-c3ccc4c(c3)sc3ccccc34)cc2)c2cccc(-c3cccc4c3c3ccccc3n4-c3ccccc3)c2)cc1. The average molecular weight is 897 g/mol. The lowest BCUT2D eigenvalue weighted by molar-refractivity contribution is 1.18. The molecule has 13 rings (SSSR count). The summed E-state index contributed by atoms with van der Waals surface area (Å²) in [5.74, 6) is 0. The highest BCUT2D eigenvalue weighted by Crippen LogP contribution is 2.47. The van der Waals surface area contributed by atoms with Crippen molar-refractivity contribution in [1.29, 1.82) is 0 Å². The first-order valence-corrected chi connectivity index (χ1v) is 24.4. The smallest absolute Gasteiger partial charge is 0.0547 e. The quantitative estimate of drug-likeness (QED) is 0.140. The van der Waals surface area contributed by atoms with E-state index in [1.807, 2.05) is 11.3 Å². The molecule has 0 N–H and O–H groups in total. The summed E-state index contributed by atoms with van der Waals surface area (Å²) in [5.41, 5.74) is 18.6. The molecule has 69 heavy (non-hydrogen) atoms. The van der Waals surface area contributed by atoms with Gasteiger partial charge in [0.05, 0.1) is 16.7 Å². The van der Waals surface area contributed by atoms with Gasteiger partial charge in [0.2, 0.25) is 0 Å². The molecule has 0 aliphatic heterocycles. The molecule has 324 valence electrons. The Hall–Kier alpha value is -8.76. The predicted molar refractivity (Wildman–Crippen MR) is 296 cm³/mol. The van der Waals surface area contributed by atoms with Crippen molar-refractivity contribution in [3.8, 4) is 61.3 Å². The van der Waals surface area contributed by atoms with Gasteiger partial charge < -0.3 is 9.47 Å². The van der Waals surface area contributed by atoms with Crippen LogP contribution >= 0.6 is 11.3 Å². The zero-order chi connectivity index (χ0) is 45.7. The fourth-order valence-corrected chi connectivity index (χ4v) is 11.6. The third-order valence-electron chi connectivity index (χ3n) is 13.6. The monoisotopic (exact) mass is 896 g/mol. The predicted octanol–water partition coefficient (Wildman–Crippen LogP) is 19.0. The molecule has 2 heterocycles. The number of hydrogen-bond acceptors (Lipinski definition) is 2. The molecule has 3 heteroatoms. The Morgan fingerprint density at radius 2 is 0.841 bits per heavy atom. The minimum absolute atomic E-state index is 1.07. The molecule has 0 spiro atoms. The lowest BCUT2D eigenvalue weighted by Gasteiger charge is -2.29. The highest BCUT2D eigenvalue weighted by atomic mass is 32.1. The van der Waals surface area contributed by atoms with Crippen LogP contribution in [-0.4, -0.2) is 4.57 Å². The van der Waals surface area contributed by atoms with Crippen molar-refractivity contribution in [2.45, 2.75) is 0 Å². The number of thiophene rings is 1. The molecule has 0 radical (unpaired) electrons. The van der Waals surface area contributed by atoms with Crippen LogP contribution in [0.2, 0.25) is 0 Å². The van der Waals surface area contributed by atoms with E-state index in [4.69, 9.17) is 0 Å². The lowest BCUT2D eigenvalue weighted by atomic mass is 9.88. The van der Waals surface area contributed by atoms with E-state index in [9.17, 15) is 0 Å². The van der Waals surface area contributed by atoms with Gasteiger partial charge in [-0.05, 0) is 117 Å². The first kappa shape index (κ1) is 40.5. The van der Waals surface area contributed by atoms with Gasteiger partial charge >= 0.3 is 0 Å². The maximum absolute atomic E-state index is 2.45. The van der Waals surface area contributed by atoms with Crippen molar-refractivity contribution in [1.82, 2.24) is 4.57 Å². The summed E-state index contributed by atoms with van der Waals surface area (Å²) in [7, 11) is 0. The molecular weight excluding hydrogens is 853 g/mol. The number of rotatable bonds is 9. The number of benzene rings is 11. The van der Waals surface area contributed by atoms with E-state index in [-0.39, 0.29) is 0 Å². The summed E-state index contributed by atoms with van der Waals surface area (Å²) in [6, 6.07) is 97.4. The van der Waals surface area contributed by atoms with Crippen LogP contribution in [0.15, 0.2) is 267 Å². The van der Waals surface area contributed by atoms with Crippen molar-refractivity contribution in [2.24, 2.45) is 0 Å². The van der Waals surface area contributed by atoms with Crippen LogP contribution in [0, 0.1) is 0 Å². The second-order valence-corrected chi connectivity index (χ2v) is 18.7. The summed E-state index contributed by atoms with van der Waals surface area (Å²) in [6.45, 7) is 0. The summed E-state index contributed by atoms with van der Waals surface area (Å²) in [5, 5.41) is 5.10. The largest absolute Gasteiger partial charge is 0.310 e. The number of anilines is 3. The molecule has 2 aromatic heterocycles. The normalized spacial score (nSPS) is 11.5. The highest BCUT2D eigenvalue weighted by molar-refractivity contribution is 7.25. The van der Waals surface area contributed by atoms with Gasteiger partial charge in [0.15, 0.2) is 0 Å². The number of nitrogens with zero attached hydrogens (tertiary/aromatic N) is 2. The van der Waals surface area contributed by atoms with Crippen LogP contribution in [-0.2, 0) is 0 Å². The zero-order valence-corrected chi connectivity index (χ0v) is 38.5. The number of para-hydroxylation sites is 3. The molecule has 13 aromatic rings. The minimum atomic E-state index is 1.07. The van der Waals surface area contributed by atoms with E-state index in [0.29, 0.717) is 0 Å². The third-order valence-corrected chi connectivity index (χ3v) is 14.8. The fourth-order valence-electron chi connectivity index (χ4n) is 10.5. The van der Waals surface area contributed by atoms with Crippen molar-refractivity contribution in [2.75, 3.05) is 4.90 Å². The van der Waals surface area contributed by atoms with Crippen LogP contribution in [0.25, 0.3) is 103 Å². The first-order valence-electron chi connectivity index (χ1n) is 23.6. The summed E-state index contributed by atoms with van der Waals surface area (Å²) < 4.78 is 5.02. The van der Waals surface area contributed by atoms with E-state index in [1.165, 1.54) is 86.5 Å². The van der Waals surface area contributed by atoms with E-state index >= 15 is 0 Å². The van der Waals surface area contributed by atoms with Crippen LogP contribution in [0.5, 0.6) is 0 Å². The molecule has 0 unspecified atom stereocenters. The van der Waals surface area contributed by atoms with Crippen molar-refractivity contribution >= 4 is 70.4 Å². The van der Waals surface area contributed by atoms with Crippen LogP contribution in [0.4, 0.5) is 17.1 Å². The fraction of sp³-hybridized carbons (Fsp3) is 0. The lowest BCUT2D eigenvalue weighted by Crippen LogP contribution is -2.11. The molecule has 0 fully saturated rings. The number of aromatic nitrogens is 1. The maximum Gasteiger partial charge on any atom is 0.0547 e. The molecule has 0 amide bonds. The Morgan fingerprint density at radius 1 is 0.290 bits per heavy atom. The van der Waals surface area contributed by atoms with Gasteiger partial charge in [-0.1, -0.05) is 200 Å². The molecule has 0 bridgehead atoms. The first-order chi connectivity index (χ1) is 34.2. The molecule has 2 nitrogen and oxygen atoms in total. The van der Waals surface area contributed by atoms with Gasteiger partial charge in [-0.25, -0.2) is 0 Å². The standard InChI is InChI=1S/C66H44N2S/c1-3-19-46(20-4-1)52-25-7-8-26-54(52)55-27-9-10-28-56(55)57-29-11-14-33-61(57)67(50-40-37-45(38-41-50)47-39-42-59-58-30-13-16-36-64(58)69-65(59)44-47)51-24-17-21-48(43-51)53-32-18-35-63-66(53)60-31-12-15-34-62(60)68(63)49-22-5-2-6-23-49/h1-44H. The van der Waals surface area contributed by atoms with E-state index in [0.717, 1.165) is 33.9 Å². The van der Waals surface area contributed by atoms with Crippen LogP contribution < -0.4 is 4.90 Å². The maximum atomic E-state index is 2.45. The van der Waals surface area contributed by atoms with Gasteiger partial charge in [0.1, 0.15) is 0 Å². The van der Waals surface area contributed by atoms with Crippen LogP contribution in [0.3, 0.4) is 0 Å². The van der Waals surface area contributed by atoms with Gasteiger partial charge in [-0.15, -0.1) is 11.3 Å². The van der Waals surface area contributed by atoms with Gasteiger partial charge in [-0.2, -0.15) is 0 Å². The number of hydrogen-bond donors (Lipinski definition) is 0. The van der Waals surface area contributed by atoms with Crippen LogP contribution in [0.1, 0.15) is 0 Å². The molecule has 0 aliphatic rings. The van der Waals surface area contributed by atoms with Crippen molar-refractivity contribution < 1.29 is 0 Å². The van der Waals surface area contributed by atoms with Crippen molar-refractivity contribution in [3.05, 3.63) is 267 Å². The van der Waals surface area contributed by atoms with E-state index < -0.39 is 0 Å². The summed E-state index contributed by atoms with van der Waals surface area (Å²) in [4.78, 5) is 2.45. The second kappa shape index (κ2) is 17.2. The van der Waals surface area contributed by atoms with E-state index in [2.05, 4.69) is 276 Å².